The highest BCUT2D eigenvalue weighted by molar-refractivity contribution is 9.10. The summed E-state index contributed by atoms with van der Waals surface area (Å²) >= 11 is 7.67. The van der Waals surface area contributed by atoms with E-state index in [4.69, 9.17) is 0 Å². The molecule has 0 bridgehead atoms. The summed E-state index contributed by atoms with van der Waals surface area (Å²) in [5, 5.41) is 2.93. The van der Waals surface area contributed by atoms with E-state index in [2.05, 4.69) is 33.9 Å². The number of hydrogen-bond donors (Lipinski definition) is 2. The lowest BCUT2D eigenvalue weighted by Gasteiger charge is -2.09. The SMILES string of the molecule is Cc1c(Br)cccc1NC(=O)Cc1ccc(S)cc1. The number of amides is 1. The monoisotopic (exact) mass is 335 g/mol. The second-order valence-electron chi connectivity index (χ2n) is 4.30. The minimum atomic E-state index is -0.0203. The minimum absolute atomic E-state index is 0.0203. The summed E-state index contributed by atoms with van der Waals surface area (Å²) < 4.78 is 0.990. The van der Waals surface area contributed by atoms with Gasteiger partial charge in [0, 0.05) is 15.1 Å². The molecule has 0 aliphatic carbocycles. The summed E-state index contributed by atoms with van der Waals surface area (Å²) in [6.45, 7) is 1.97. The first kappa shape index (κ1) is 14.2. The smallest absolute Gasteiger partial charge is 0.228 e. The van der Waals surface area contributed by atoms with Crippen LogP contribution in [0.15, 0.2) is 51.8 Å². The van der Waals surface area contributed by atoms with Crippen LogP contribution in [0.4, 0.5) is 5.69 Å². The molecule has 0 radical (unpaired) electrons. The van der Waals surface area contributed by atoms with E-state index < -0.39 is 0 Å². The molecule has 0 unspecified atom stereocenters. The second-order valence-corrected chi connectivity index (χ2v) is 5.67. The van der Waals surface area contributed by atoms with Gasteiger partial charge in [0.15, 0.2) is 0 Å². The van der Waals surface area contributed by atoms with Crippen molar-refractivity contribution >= 4 is 40.2 Å². The number of halogens is 1. The Labute approximate surface area is 126 Å². The van der Waals surface area contributed by atoms with Crippen molar-refractivity contribution in [1.29, 1.82) is 0 Å². The first-order chi connectivity index (χ1) is 9.06. The first-order valence-corrected chi connectivity index (χ1v) is 7.13. The molecule has 4 heteroatoms. The van der Waals surface area contributed by atoms with Crippen molar-refractivity contribution in [3.05, 3.63) is 58.1 Å². The molecule has 98 valence electrons. The Bertz CT molecular complexity index is 596. The van der Waals surface area contributed by atoms with Crippen molar-refractivity contribution in [3.8, 4) is 0 Å². The largest absolute Gasteiger partial charge is 0.326 e. The summed E-state index contributed by atoms with van der Waals surface area (Å²) in [5.74, 6) is -0.0203. The van der Waals surface area contributed by atoms with E-state index in [1.54, 1.807) is 0 Å². The van der Waals surface area contributed by atoms with Crippen LogP contribution in [0.25, 0.3) is 0 Å². The van der Waals surface area contributed by atoms with E-state index in [1.165, 1.54) is 0 Å². The minimum Gasteiger partial charge on any atom is -0.326 e. The standard InChI is InChI=1S/C15H14BrNOS/c1-10-13(16)3-2-4-14(10)17-15(18)9-11-5-7-12(19)8-6-11/h2-8,19H,9H2,1H3,(H,17,18). The van der Waals surface area contributed by atoms with Crippen LogP contribution < -0.4 is 5.32 Å². The van der Waals surface area contributed by atoms with Gasteiger partial charge in [-0.3, -0.25) is 4.79 Å². The molecule has 0 aromatic heterocycles. The van der Waals surface area contributed by atoms with Crippen LogP contribution in [0.1, 0.15) is 11.1 Å². The molecule has 1 amide bonds. The third kappa shape index (κ3) is 3.85. The quantitative estimate of drug-likeness (QED) is 0.807. The van der Waals surface area contributed by atoms with Gasteiger partial charge in [-0.15, -0.1) is 12.6 Å². The highest BCUT2D eigenvalue weighted by atomic mass is 79.9. The maximum absolute atomic E-state index is 12.0. The fourth-order valence-electron chi connectivity index (χ4n) is 1.74. The van der Waals surface area contributed by atoms with E-state index in [0.29, 0.717) is 6.42 Å². The Morgan fingerprint density at radius 3 is 2.58 bits per heavy atom. The lowest BCUT2D eigenvalue weighted by atomic mass is 10.1. The maximum atomic E-state index is 12.0. The predicted octanol–water partition coefficient (Wildman–Crippen LogP) is 4.23. The number of rotatable bonds is 3. The first-order valence-electron chi connectivity index (χ1n) is 5.89. The molecule has 0 fully saturated rings. The predicted molar refractivity (Wildman–Crippen MR) is 84.9 cm³/mol. The third-order valence-electron chi connectivity index (χ3n) is 2.84. The van der Waals surface area contributed by atoms with Crippen LogP contribution in [0.2, 0.25) is 0 Å². The Kier molecular flexibility index (Phi) is 4.66. The number of carbonyl (C=O) groups is 1. The molecule has 0 heterocycles. The van der Waals surface area contributed by atoms with Gasteiger partial charge in [0.25, 0.3) is 0 Å². The number of anilines is 1. The number of carbonyl (C=O) groups excluding carboxylic acids is 1. The fraction of sp³-hybridized carbons (Fsp3) is 0.133. The van der Waals surface area contributed by atoms with E-state index in [1.807, 2.05) is 49.4 Å². The highest BCUT2D eigenvalue weighted by Gasteiger charge is 2.07. The van der Waals surface area contributed by atoms with Crippen molar-refractivity contribution < 1.29 is 4.79 Å². The van der Waals surface area contributed by atoms with Crippen molar-refractivity contribution in [2.45, 2.75) is 18.2 Å². The van der Waals surface area contributed by atoms with Crippen LogP contribution in [-0.4, -0.2) is 5.91 Å². The molecular formula is C15H14BrNOS. The average Bonchev–Trinajstić information content (AvgIpc) is 2.38. The van der Waals surface area contributed by atoms with Gasteiger partial charge in [0.1, 0.15) is 0 Å². The zero-order valence-corrected chi connectivity index (χ0v) is 13.0. The Hall–Kier alpha value is -1.26. The van der Waals surface area contributed by atoms with Crippen molar-refractivity contribution in [2.75, 3.05) is 5.32 Å². The van der Waals surface area contributed by atoms with Crippen molar-refractivity contribution in [1.82, 2.24) is 0 Å². The van der Waals surface area contributed by atoms with Gasteiger partial charge in [0.2, 0.25) is 5.91 Å². The van der Waals surface area contributed by atoms with Gasteiger partial charge in [-0.2, -0.15) is 0 Å². The third-order valence-corrected chi connectivity index (χ3v) is 4.00. The second kappa shape index (κ2) is 6.26. The van der Waals surface area contributed by atoms with Crippen LogP contribution in [0.5, 0.6) is 0 Å². The molecule has 0 atom stereocenters. The van der Waals surface area contributed by atoms with Crippen molar-refractivity contribution in [3.63, 3.8) is 0 Å². The van der Waals surface area contributed by atoms with Crippen LogP contribution in [0.3, 0.4) is 0 Å². The van der Waals surface area contributed by atoms with Gasteiger partial charge in [0.05, 0.1) is 6.42 Å². The molecule has 0 saturated carbocycles. The van der Waals surface area contributed by atoms with Gasteiger partial charge in [-0.1, -0.05) is 34.1 Å². The molecule has 19 heavy (non-hydrogen) atoms. The number of thiol groups is 1. The molecule has 2 aromatic carbocycles. The Morgan fingerprint density at radius 2 is 1.89 bits per heavy atom. The van der Waals surface area contributed by atoms with Gasteiger partial charge in [-0.05, 0) is 42.3 Å². The average molecular weight is 336 g/mol. The fourth-order valence-corrected chi connectivity index (χ4v) is 2.25. The topological polar surface area (TPSA) is 29.1 Å². The highest BCUT2D eigenvalue weighted by Crippen LogP contribution is 2.23. The summed E-state index contributed by atoms with van der Waals surface area (Å²) in [6, 6.07) is 13.4. The Balaban J connectivity index is 2.05. The Morgan fingerprint density at radius 1 is 1.21 bits per heavy atom. The molecule has 0 aliphatic heterocycles. The number of nitrogens with one attached hydrogen (secondary N) is 1. The molecule has 0 spiro atoms. The van der Waals surface area contributed by atoms with Crippen LogP contribution in [0, 0.1) is 6.92 Å². The summed E-state index contributed by atoms with van der Waals surface area (Å²) in [4.78, 5) is 12.9. The molecule has 0 saturated heterocycles. The zero-order chi connectivity index (χ0) is 13.8. The summed E-state index contributed by atoms with van der Waals surface area (Å²) in [6.07, 6.45) is 0.361. The lowest BCUT2D eigenvalue weighted by Crippen LogP contribution is -2.15. The molecule has 2 rings (SSSR count). The van der Waals surface area contributed by atoms with E-state index in [9.17, 15) is 4.79 Å². The number of hydrogen-bond acceptors (Lipinski definition) is 2. The zero-order valence-electron chi connectivity index (χ0n) is 10.5. The van der Waals surface area contributed by atoms with Crippen molar-refractivity contribution in [2.24, 2.45) is 0 Å². The van der Waals surface area contributed by atoms with Gasteiger partial charge >= 0.3 is 0 Å². The van der Waals surface area contributed by atoms with Crippen LogP contribution in [-0.2, 0) is 11.2 Å². The molecule has 1 N–H and O–H groups in total. The normalized spacial score (nSPS) is 10.3. The van der Waals surface area contributed by atoms with Crippen LogP contribution >= 0.6 is 28.6 Å². The molecular weight excluding hydrogens is 322 g/mol. The maximum Gasteiger partial charge on any atom is 0.228 e. The van der Waals surface area contributed by atoms with E-state index in [-0.39, 0.29) is 5.91 Å². The van der Waals surface area contributed by atoms with Gasteiger partial charge < -0.3 is 5.32 Å². The summed E-state index contributed by atoms with van der Waals surface area (Å²) in [7, 11) is 0. The summed E-state index contributed by atoms with van der Waals surface area (Å²) in [5.41, 5.74) is 2.84. The van der Waals surface area contributed by atoms with E-state index in [0.717, 1.165) is 26.2 Å². The molecule has 0 aliphatic rings. The number of benzene rings is 2. The lowest BCUT2D eigenvalue weighted by molar-refractivity contribution is -0.115. The van der Waals surface area contributed by atoms with E-state index >= 15 is 0 Å². The molecule has 2 nitrogen and oxygen atoms in total. The van der Waals surface area contributed by atoms with Gasteiger partial charge in [-0.25, -0.2) is 0 Å². The molecule has 2 aromatic rings.